The van der Waals surface area contributed by atoms with Crippen LogP contribution in [0.3, 0.4) is 0 Å². The van der Waals surface area contributed by atoms with Crippen LogP contribution < -0.4 is 5.73 Å². The van der Waals surface area contributed by atoms with Crippen LogP contribution in [-0.4, -0.2) is 9.78 Å². The van der Waals surface area contributed by atoms with Crippen molar-refractivity contribution >= 4 is 15.9 Å². The third-order valence-corrected chi connectivity index (χ3v) is 3.56. The average Bonchev–Trinajstić information content (AvgIpc) is 2.77. The molecule has 2 aromatic rings. The van der Waals surface area contributed by atoms with Gasteiger partial charge >= 0.3 is 0 Å². The fourth-order valence-electron chi connectivity index (χ4n) is 2.15. The van der Waals surface area contributed by atoms with Crippen LogP contribution in [0.5, 0.6) is 0 Å². The highest BCUT2D eigenvalue weighted by atomic mass is 79.9. The van der Waals surface area contributed by atoms with Gasteiger partial charge in [0.2, 0.25) is 0 Å². The van der Waals surface area contributed by atoms with Gasteiger partial charge in [0, 0.05) is 17.2 Å². The lowest BCUT2D eigenvalue weighted by Gasteiger charge is -2.16. The molecule has 0 aliphatic carbocycles. The van der Waals surface area contributed by atoms with Crippen molar-refractivity contribution in [3.05, 3.63) is 51.8 Å². The summed E-state index contributed by atoms with van der Waals surface area (Å²) in [6, 6.07) is 8.08. The number of benzene rings is 1. The number of aryl methyl sites for hydroxylation is 2. The van der Waals surface area contributed by atoms with Gasteiger partial charge < -0.3 is 5.73 Å². The van der Waals surface area contributed by atoms with Gasteiger partial charge in [-0.1, -0.05) is 28.9 Å². The minimum atomic E-state index is -0.118. The summed E-state index contributed by atoms with van der Waals surface area (Å²) in [6.07, 6.45) is 2.87. The summed E-state index contributed by atoms with van der Waals surface area (Å²) in [5.41, 5.74) is 9.78. The molecule has 0 saturated carbocycles. The summed E-state index contributed by atoms with van der Waals surface area (Å²) in [5, 5.41) is 4.33. The third kappa shape index (κ3) is 2.65. The summed E-state index contributed by atoms with van der Waals surface area (Å²) in [6.45, 7) is 5.13. The van der Waals surface area contributed by atoms with Crippen molar-refractivity contribution in [3.8, 4) is 0 Å². The van der Waals surface area contributed by atoms with Crippen molar-refractivity contribution in [1.82, 2.24) is 9.78 Å². The first-order chi connectivity index (χ1) is 8.63. The maximum atomic E-state index is 6.37. The van der Waals surface area contributed by atoms with Gasteiger partial charge in [0.1, 0.15) is 0 Å². The van der Waals surface area contributed by atoms with Crippen LogP contribution in [-0.2, 0) is 6.54 Å². The molecule has 2 rings (SSSR count). The highest BCUT2D eigenvalue weighted by Gasteiger charge is 2.15. The highest BCUT2D eigenvalue weighted by Crippen LogP contribution is 2.25. The van der Waals surface area contributed by atoms with E-state index >= 15 is 0 Å². The number of aromatic nitrogens is 2. The molecule has 0 amide bonds. The molecule has 0 saturated heterocycles. The molecule has 0 fully saturated rings. The largest absolute Gasteiger partial charge is 0.319 e. The first kappa shape index (κ1) is 13.3. The van der Waals surface area contributed by atoms with E-state index in [2.05, 4.69) is 47.0 Å². The Hall–Kier alpha value is -1.13. The van der Waals surface area contributed by atoms with Crippen LogP contribution in [0.2, 0.25) is 0 Å². The fraction of sp³-hybridized carbons (Fsp3) is 0.357. The van der Waals surface area contributed by atoms with Crippen LogP contribution in [0.1, 0.15) is 36.2 Å². The van der Waals surface area contributed by atoms with Crippen molar-refractivity contribution in [2.45, 2.75) is 32.9 Å². The van der Waals surface area contributed by atoms with Gasteiger partial charge in [0.05, 0.1) is 11.7 Å². The lowest BCUT2D eigenvalue weighted by molar-refractivity contribution is 0.559. The van der Waals surface area contributed by atoms with E-state index in [0.717, 1.165) is 28.7 Å². The van der Waals surface area contributed by atoms with E-state index in [1.54, 1.807) is 0 Å². The lowest BCUT2D eigenvalue weighted by Crippen LogP contribution is -2.18. The van der Waals surface area contributed by atoms with Gasteiger partial charge in [0.15, 0.2) is 0 Å². The molecular formula is C14H18BrN3. The van der Waals surface area contributed by atoms with Gasteiger partial charge in [-0.2, -0.15) is 5.10 Å². The Morgan fingerprint density at radius 1 is 1.39 bits per heavy atom. The van der Waals surface area contributed by atoms with Gasteiger partial charge in [-0.15, -0.1) is 0 Å². The molecule has 0 aliphatic heterocycles. The van der Waals surface area contributed by atoms with Gasteiger partial charge in [-0.3, -0.25) is 4.68 Å². The molecule has 2 N–H and O–H groups in total. The number of hydrogen-bond acceptors (Lipinski definition) is 2. The number of rotatable bonds is 4. The Balaban J connectivity index is 2.35. The molecule has 1 aromatic heterocycles. The minimum absolute atomic E-state index is 0.118. The SMILES string of the molecule is CCCn1nccc1C(N)c1ccc(Br)cc1C. The Morgan fingerprint density at radius 3 is 2.83 bits per heavy atom. The molecule has 0 bridgehead atoms. The Labute approximate surface area is 116 Å². The van der Waals surface area contributed by atoms with E-state index in [1.807, 2.05) is 23.0 Å². The molecule has 96 valence electrons. The predicted molar refractivity (Wildman–Crippen MR) is 77.4 cm³/mol. The van der Waals surface area contributed by atoms with E-state index in [4.69, 9.17) is 5.73 Å². The number of halogens is 1. The Kier molecular flexibility index (Phi) is 4.19. The highest BCUT2D eigenvalue weighted by molar-refractivity contribution is 9.10. The van der Waals surface area contributed by atoms with E-state index in [1.165, 1.54) is 5.56 Å². The monoisotopic (exact) mass is 307 g/mol. The number of hydrogen-bond donors (Lipinski definition) is 1. The van der Waals surface area contributed by atoms with Crippen LogP contribution in [0, 0.1) is 6.92 Å². The van der Waals surface area contributed by atoms with E-state index in [9.17, 15) is 0 Å². The first-order valence-electron chi connectivity index (χ1n) is 6.16. The fourth-order valence-corrected chi connectivity index (χ4v) is 2.63. The molecule has 3 nitrogen and oxygen atoms in total. The Bertz CT molecular complexity index is 534. The van der Waals surface area contributed by atoms with Gasteiger partial charge in [-0.05, 0) is 42.7 Å². The normalized spacial score (nSPS) is 12.7. The van der Waals surface area contributed by atoms with E-state index in [-0.39, 0.29) is 6.04 Å². The van der Waals surface area contributed by atoms with Gasteiger partial charge in [0.25, 0.3) is 0 Å². The van der Waals surface area contributed by atoms with Gasteiger partial charge in [-0.25, -0.2) is 0 Å². The zero-order valence-corrected chi connectivity index (χ0v) is 12.3. The molecule has 0 radical (unpaired) electrons. The van der Waals surface area contributed by atoms with Crippen molar-refractivity contribution in [1.29, 1.82) is 0 Å². The van der Waals surface area contributed by atoms with E-state index < -0.39 is 0 Å². The molecule has 4 heteroatoms. The topological polar surface area (TPSA) is 43.8 Å². The quantitative estimate of drug-likeness (QED) is 0.940. The second-order valence-corrected chi connectivity index (χ2v) is 5.37. The van der Waals surface area contributed by atoms with Crippen LogP contribution in [0.15, 0.2) is 34.9 Å². The summed E-state index contributed by atoms with van der Waals surface area (Å²) >= 11 is 3.48. The van der Waals surface area contributed by atoms with Crippen LogP contribution >= 0.6 is 15.9 Å². The molecule has 0 spiro atoms. The molecule has 1 heterocycles. The summed E-state index contributed by atoms with van der Waals surface area (Å²) in [4.78, 5) is 0. The lowest BCUT2D eigenvalue weighted by atomic mass is 9.99. The first-order valence-corrected chi connectivity index (χ1v) is 6.96. The van der Waals surface area contributed by atoms with Crippen molar-refractivity contribution < 1.29 is 0 Å². The second-order valence-electron chi connectivity index (χ2n) is 4.46. The zero-order chi connectivity index (χ0) is 13.1. The minimum Gasteiger partial charge on any atom is -0.319 e. The molecular weight excluding hydrogens is 290 g/mol. The number of nitrogens with zero attached hydrogens (tertiary/aromatic N) is 2. The van der Waals surface area contributed by atoms with E-state index in [0.29, 0.717) is 0 Å². The molecule has 1 unspecified atom stereocenters. The van der Waals surface area contributed by atoms with Crippen molar-refractivity contribution in [2.24, 2.45) is 5.73 Å². The zero-order valence-electron chi connectivity index (χ0n) is 10.7. The van der Waals surface area contributed by atoms with Crippen LogP contribution in [0.4, 0.5) is 0 Å². The maximum absolute atomic E-state index is 6.37. The van der Waals surface area contributed by atoms with Crippen LogP contribution in [0.25, 0.3) is 0 Å². The van der Waals surface area contributed by atoms with Crippen molar-refractivity contribution in [2.75, 3.05) is 0 Å². The second kappa shape index (κ2) is 5.67. The standard InChI is InChI=1S/C14H18BrN3/c1-3-8-18-13(6-7-17-18)14(16)12-5-4-11(15)9-10(12)2/h4-7,9,14H,3,8,16H2,1-2H3. The smallest absolute Gasteiger partial charge is 0.0725 e. The molecule has 1 atom stereocenters. The Morgan fingerprint density at radius 2 is 2.17 bits per heavy atom. The number of nitrogens with two attached hydrogens (primary N) is 1. The summed E-state index contributed by atoms with van der Waals surface area (Å²) < 4.78 is 3.07. The molecule has 0 aliphatic rings. The summed E-state index contributed by atoms with van der Waals surface area (Å²) in [5.74, 6) is 0. The average molecular weight is 308 g/mol. The van der Waals surface area contributed by atoms with Crippen molar-refractivity contribution in [3.63, 3.8) is 0 Å². The molecule has 18 heavy (non-hydrogen) atoms. The predicted octanol–water partition coefficient (Wildman–Crippen LogP) is 3.41. The summed E-state index contributed by atoms with van der Waals surface area (Å²) in [7, 11) is 0. The third-order valence-electron chi connectivity index (χ3n) is 3.07. The maximum Gasteiger partial charge on any atom is 0.0725 e. The molecule has 1 aromatic carbocycles.